The molecule has 1 saturated heterocycles. The van der Waals surface area contributed by atoms with E-state index in [0.29, 0.717) is 31.6 Å². The molecule has 1 fully saturated rings. The number of hydrogen-bond donors (Lipinski definition) is 1. The molecule has 0 unspecified atom stereocenters. The van der Waals surface area contributed by atoms with E-state index in [1.165, 1.54) is 23.2 Å². The van der Waals surface area contributed by atoms with Gasteiger partial charge in [-0.05, 0) is 45.5 Å². The minimum atomic E-state index is -4.72. The zero-order chi connectivity index (χ0) is 25.8. The van der Waals surface area contributed by atoms with Gasteiger partial charge in [0.1, 0.15) is 5.82 Å². The monoisotopic (exact) mass is 493 g/mol. The number of nitrogens with one attached hydrogen (secondary N) is 1. The zero-order valence-electron chi connectivity index (χ0n) is 19.1. The van der Waals surface area contributed by atoms with Crippen molar-refractivity contribution in [1.82, 2.24) is 9.88 Å². The van der Waals surface area contributed by atoms with Gasteiger partial charge in [-0.25, -0.2) is 23.7 Å². The first-order valence-corrected chi connectivity index (χ1v) is 10.8. The number of halogens is 5. The van der Waals surface area contributed by atoms with E-state index in [0.717, 1.165) is 6.07 Å². The van der Waals surface area contributed by atoms with Crippen LogP contribution in [0.3, 0.4) is 0 Å². The SMILES string of the molecule is C=N/C(=N\C=C/C)c1cccc(F)c1C(=O)N1CCC[C@@H](Nc2ncc(C(F)(F)F)cc2F)[C@@H]1C. The van der Waals surface area contributed by atoms with Crippen LogP contribution in [0, 0.1) is 11.6 Å². The first-order chi connectivity index (χ1) is 16.6. The van der Waals surface area contributed by atoms with Crippen molar-refractivity contribution < 1.29 is 26.7 Å². The number of pyridine rings is 1. The summed E-state index contributed by atoms with van der Waals surface area (Å²) in [7, 11) is 0. The van der Waals surface area contributed by atoms with Crippen molar-refractivity contribution in [3.8, 4) is 0 Å². The predicted molar refractivity (Wildman–Crippen MR) is 124 cm³/mol. The van der Waals surface area contributed by atoms with E-state index in [9.17, 15) is 26.7 Å². The number of likely N-dealkylation sites (tertiary alicyclic amines) is 1. The Morgan fingerprint density at radius 1 is 1.29 bits per heavy atom. The lowest BCUT2D eigenvalue weighted by atomic mass is 9.95. The van der Waals surface area contributed by atoms with Gasteiger partial charge in [-0.2, -0.15) is 13.2 Å². The van der Waals surface area contributed by atoms with Gasteiger partial charge in [0.15, 0.2) is 17.5 Å². The van der Waals surface area contributed by atoms with Gasteiger partial charge < -0.3 is 10.2 Å². The summed E-state index contributed by atoms with van der Waals surface area (Å²) >= 11 is 0. The van der Waals surface area contributed by atoms with Gasteiger partial charge in [0.25, 0.3) is 5.91 Å². The van der Waals surface area contributed by atoms with E-state index in [1.807, 2.05) is 0 Å². The molecule has 0 saturated carbocycles. The fraction of sp³-hybridized carbons (Fsp3) is 0.333. The summed E-state index contributed by atoms with van der Waals surface area (Å²) in [5.41, 5.74) is -1.26. The van der Waals surface area contributed by atoms with Gasteiger partial charge in [-0.15, -0.1) is 0 Å². The highest BCUT2D eigenvalue weighted by molar-refractivity contribution is 6.11. The lowest BCUT2D eigenvalue weighted by Gasteiger charge is -2.40. The number of piperidine rings is 1. The molecule has 3 rings (SSSR count). The standard InChI is InChI=1S/C24H24F5N5O/c1-4-10-31-21(30-3)16-7-5-8-17(25)20(16)23(35)34-11-6-9-19(14(34)2)33-22-18(26)12-15(13-32-22)24(27,28)29/h4-5,7-8,10,12-14,19H,3,6,9,11H2,1-2H3,(H,32,33)/b10-4-,31-21-/t14-,19+/m0/s1. The molecule has 35 heavy (non-hydrogen) atoms. The quantitative estimate of drug-likeness (QED) is 0.342. The summed E-state index contributed by atoms with van der Waals surface area (Å²) in [6, 6.07) is 3.37. The predicted octanol–water partition coefficient (Wildman–Crippen LogP) is 5.46. The van der Waals surface area contributed by atoms with Gasteiger partial charge in [0, 0.05) is 36.6 Å². The summed E-state index contributed by atoms with van der Waals surface area (Å²) in [6.07, 6.45) is -0.0953. The van der Waals surface area contributed by atoms with Crippen LogP contribution in [0.15, 0.2) is 52.7 Å². The normalized spacial score (nSPS) is 19.2. The largest absolute Gasteiger partial charge is 0.417 e. The van der Waals surface area contributed by atoms with Crippen LogP contribution in [0.1, 0.15) is 48.2 Å². The second-order valence-corrected chi connectivity index (χ2v) is 7.94. The van der Waals surface area contributed by atoms with Gasteiger partial charge in [0.2, 0.25) is 0 Å². The molecule has 0 spiro atoms. The van der Waals surface area contributed by atoms with E-state index < -0.39 is 41.4 Å². The first-order valence-electron chi connectivity index (χ1n) is 10.8. The molecule has 11 heteroatoms. The number of aromatic nitrogens is 1. The Morgan fingerprint density at radius 3 is 2.66 bits per heavy atom. The Morgan fingerprint density at radius 2 is 2.03 bits per heavy atom. The third-order valence-electron chi connectivity index (χ3n) is 5.70. The molecular formula is C24H24F5N5O. The van der Waals surface area contributed by atoms with Gasteiger partial charge in [0.05, 0.1) is 11.1 Å². The number of rotatable bonds is 5. The van der Waals surface area contributed by atoms with E-state index in [-0.39, 0.29) is 22.8 Å². The summed E-state index contributed by atoms with van der Waals surface area (Å²) < 4.78 is 67.7. The number of allylic oxidation sites excluding steroid dienone is 1. The minimum absolute atomic E-state index is 0.0707. The van der Waals surface area contributed by atoms with Crippen molar-refractivity contribution in [2.45, 2.75) is 44.9 Å². The van der Waals surface area contributed by atoms with Crippen LogP contribution in [0.2, 0.25) is 0 Å². The average Bonchev–Trinajstić information content (AvgIpc) is 2.81. The van der Waals surface area contributed by atoms with E-state index in [2.05, 4.69) is 27.0 Å². The number of amides is 1. The van der Waals surface area contributed by atoms with E-state index in [1.54, 1.807) is 19.9 Å². The van der Waals surface area contributed by atoms with Gasteiger partial charge in [-0.3, -0.25) is 4.79 Å². The van der Waals surface area contributed by atoms with E-state index >= 15 is 0 Å². The summed E-state index contributed by atoms with van der Waals surface area (Å²) in [5, 5.41) is 2.80. The third kappa shape index (κ3) is 5.72. The van der Waals surface area contributed by atoms with Gasteiger partial charge in [-0.1, -0.05) is 18.2 Å². The fourth-order valence-corrected chi connectivity index (χ4v) is 3.91. The molecule has 0 aliphatic carbocycles. The van der Waals surface area contributed by atoms with Crippen LogP contribution in [-0.2, 0) is 6.18 Å². The first kappa shape index (κ1) is 26.0. The van der Waals surface area contributed by atoms with Crippen LogP contribution < -0.4 is 5.32 Å². The number of anilines is 1. The van der Waals surface area contributed by atoms with Crippen LogP contribution in [-0.4, -0.2) is 47.0 Å². The molecule has 2 atom stereocenters. The molecule has 0 bridgehead atoms. The average molecular weight is 493 g/mol. The van der Waals surface area contributed by atoms with Crippen molar-refractivity contribution in [1.29, 1.82) is 0 Å². The number of carbonyl (C=O) groups is 1. The molecule has 1 aromatic heterocycles. The number of alkyl halides is 3. The van der Waals surface area contributed by atoms with E-state index in [4.69, 9.17) is 0 Å². The second kappa shape index (κ2) is 10.7. The number of aliphatic imine (C=N–C) groups is 2. The van der Waals surface area contributed by atoms with Crippen molar-refractivity contribution >= 4 is 24.3 Å². The Balaban J connectivity index is 1.89. The van der Waals surface area contributed by atoms with Crippen LogP contribution in [0.25, 0.3) is 0 Å². The molecule has 1 aliphatic rings. The molecule has 1 amide bonds. The van der Waals surface area contributed by atoms with Crippen molar-refractivity contribution in [3.05, 3.63) is 71.1 Å². The van der Waals surface area contributed by atoms with Crippen LogP contribution >= 0.6 is 0 Å². The van der Waals surface area contributed by atoms with Gasteiger partial charge >= 0.3 is 6.18 Å². The third-order valence-corrected chi connectivity index (χ3v) is 5.70. The number of carbonyl (C=O) groups excluding carboxylic acids is 1. The Labute approximate surface area is 199 Å². The molecule has 186 valence electrons. The Bertz CT molecular complexity index is 1160. The van der Waals surface area contributed by atoms with Crippen molar-refractivity contribution in [3.63, 3.8) is 0 Å². The molecular weight excluding hydrogens is 469 g/mol. The zero-order valence-corrected chi connectivity index (χ0v) is 19.1. The van der Waals surface area contributed by atoms with Crippen LogP contribution in [0.5, 0.6) is 0 Å². The lowest BCUT2D eigenvalue weighted by Crippen LogP contribution is -2.52. The maximum Gasteiger partial charge on any atom is 0.417 e. The molecule has 1 N–H and O–H groups in total. The Kier molecular flexibility index (Phi) is 7.98. The minimum Gasteiger partial charge on any atom is -0.363 e. The second-order valence-electron chi connectivity index (χ2n) is 7.94. The summed E-state index contributed by atoms with van der Waals surface area (Å²) in [4.78, 5) is 26.4. The molecule has 2 heterocycles. The molecule has 6 nitrogen and oxygen atoms in total. The highest BCUT2D eigenvalue weighted by Gasteiger charge is 2.36. The summed E-state index contributed by atoms with van der Waals surface area (Å²) in [5.74, 6) is -2.82. The maximum absolute atomic E-state index is 14.9. The highest BCUT2D eigenvalue weighted by Crippen LogP contribution is 2.31. The number of nitrogens with zero attached hydrogens (tertiary/aromatic N) is 4. The number of benzene rings is 1. The molecule has 2 aromatic rings. The molecule has 1 aliphatic heterocycles. The fourth-order valence-electron chi connectivity index (χ4n) is 3.91. The highest BCUT2D eigenvalue weighted by atomic mass is 19.4. The molecule has 1 aromatic carbocycles. The Hall–Kier alpha value is -3.63. The maximum atomic E-state index is 14.9. The van der Waals surface area contributed by atoms with Crippen molar-refractivity contribution in [2.24, 2.45) is 9.98 Å². The topological polar surface area (TPSA) is 70.0 Å². The summed E-state index contributed by atoms with van der Waals surface area (Å²) in [6.45, 7) is 7.18. The molecule has 0 radical (unpaired) electrons. The lowest BCUT2D eigenvalue weighted by molar-refractivity contribution is -0.138. The number of amidine groups is 1. The van der Waals surface area contributed by atoms with Crippen LogP contribution in [0.4, 0.5) is 27.8 Å². The van der Waals surface area contributed by atoms with Crippen molar-refractivity contribution in [2.75, 3.05) is 11.9 Å². The number of hydrogen-bond acceptors (Lipinski definition) is 4. The smallest absolute Gasteiger partial charge is 0.363 e.